The molecule has 3 nitrogen and oxygen atoms in total. The molecule has 16 heavy (non-hydrogen) atoms. The number of likely N-dealkylation sites (tertiary alicyclic amines) is 1. The molecule has 1 rings (SSSR count). The number of hydrogen-bond acceptors (Lipinski definition) is 3. The molecular formula is C11H22ClNO2S. The van der Waals surface area contributed by atoms with Gasteiger partial charge in [0, 0.05) is 10.7 Å². The minimum atomic E-state index is -3.31. The Morgan fingerprint density at radius 1 is 1.25 bits per heavy atom. The maximum atomic E-state index is 10.8. The van der Waals surface area contributed by atoms with Gasteiger partial charge in [-0.25, -0.2) is 8.42 Å². The van der Waals surface area contributed by atoms with Crippen LogP contribution >= 0.6 is 10.7 Å². The third-order valence-corrected chi connectivity index (χ3v) is 4.53. The maximum absolute atomic E-state index is 10.8. The molecule has 0 N–H and O–H groups in total. The Morgan fingerprint density at radius 2 is 1.94 bits per heavy atom. The summed E-state index contributed by atoms with van der Waals surface area (Å²) in [6, 6.07) is 0. The molecule has 0 atom stereocenters. The molecule has 1 aliphatic rings. The normalized spacial score (nSPS) is 22.9. The largest absolute Gasteiger partial charge is 0.303 e. The fraction of sp³-hybridized carbons (Fsp3) is 1.00. The van der Waals surface area contributed by atoms with Crippen LogP contribution < -0.4 is 0 Å². The van der Waals surface area contributed by atoms with Crippen molar-refractivity contribution in [2.24, 2.45) is 5.41 Å². The lowest BCUT2D eigenvalue weighted by Gasteiger charge is -2.23. The van der Waals surface area contributed by atoms with Gasteiger partial charge in [0.05, 0.1) is 5.75 Å². The highest BCUT2D eigenvalue weighted by molar-refractivity contribution is 8.13. The van der Waals surface area contributed by atoms with E-state index in [0.717, 1.165) is 19.6 Å². The molecule has 1 aliphatic heterocycles. The van der Waals surface area contributed by atoms with Crippen molar-refractivity contribution in [3.8, 4) is 0 Å². The van der Waals surface area contributed by atoms with E-state index >= 15 is 0 Å². The number of rotatable bonds is 4. The van der Waals surface area contributed by atoms with E-state index in [2.05, 4.69) is 18.7 Å². The molecule has 1 heterocycles. The van der Waals surface area contributed by atoms with E-state index < -0.39 is 9.05 Å². The SMILES string of the molecule is CC1(C)CCCN(CCCS(=O)(=O)Cl)CC1. The summed E-state index contributed by atoms with van der Waals surface area (Å²) in [6.07, 6.45) is 4.31. The zero-order valence-electron chi connectivity index (χ0n) is 10.2. The first-order chi connectivity index (χ1) is 7.29. The first-order valence-electron chi connectivity index (χ1n) is 5.93. The van der Waals surface area contributed by atoms with Gasteiger partial charge in [0.1, 0.15) is 0 Å². The molecule has 0 bridgehead atoms. The molecule has 96 valence electrons. The standard InChI is InChI=1S/C11H22ClNO2S/c1-11(2)5-3-7-13(9-6-11)8-4-10-16(12,14)15/h3-10H2,1-2H3. The third-order valence-electron chi connectivity index (χ3n) is 3.30. The number of nitrogens with zero attached hydrogens (tertiary/aromatic N) is 1. The number of hydrogen-bond donors (Lipinski definition) is 0. The van der Waals surface area contributed by atoms with Crippen molar-refractivity contribution >= 4 is 19.7 Å². The molecule has 0 aliphatic carbocycles. The van der Waals surface area contributed by atoms with E-state index in [1.165, 1.54) is 19.3 Å². The van der Waals surface area contributed by atoms with Crippen LogP contribution in [0.3, 0.4) is 0 Å². The monoisotopic (exact) mass is 267 g/mol. The van der Waals surface area contributed by atoms with Crippen LogP contribution in [0.2, 0.25) is 0 Å². The lowest BCUT2D eigenvalue weighted by Crippen LogP contribution is -2.27. The van der Waals surface area contributed by atoms with Gasteiger partial charge >= 0.3 is 0 Å². The molecule has 0 aromatic rings. The minimum Gasteiger partial charge on any atom is -0.303 e. The second-order valence-electron chi connectivity index (χ2n) is 5.46. The van der Waals surface area contributed by atoms with Crippen molar-refractivity contribution in [3.05, 3.63) is 0 Å². The molecule has 5 heteroatoms. The Labute approximate surface area is 104 Å². The number of halogens is 1. The minimum absolute atomic E-state index is 0.0917. The second-order valence-corrected chi connectivity index (χ2v) is 8.35. The van der Waals surface area contributed by atoms with Crippen LogP contribution in [0.1, 0.15) is 39.5 Å². The topological polar surface area (TPSA) is 37.4 Å². The van der Waals surface area contributed by atoms with Crippen LogP contribution in [-0.2, 0) is 9.05 Å². The van der Waals surface area contributed by atoms with E-state index in [9.17, 15) is 8.42 Å². The van der Waals surface area contributed by atoms with Crippen LogP contribution in [0.4, 0.5) is 0 Å². The molecule has 0 spiro atoms. The molecule has 0 amide bonds. The van der Waals surface area contributed by atoms with Crippen molar-refractivity contribution in [3.63, 3.8) is 0 Å². The van der Waals surface area contributed by atoms with Crippen molar-refractivity contribution < 1.29 is 8.42 Å². The Morgan fingerprint density at radius 3 is 2.56 bits per heavy atom. The highest BCUT2D eigenvalue weighted by atomic mass is 35.7. The zero-order valence-corrected chi connectivity index (χ0v) is 11.8. The van der Waals surface area contributed by atoms with E-state index in [4.69, 9.17) is 10.7 Å². The van der Waals surface area contributed by atoms with E-state index in [1.54, 1.807) is 0 Å². The van der Waals surface area contributed by atoms with Gasteiger partial charge in [-0.05, 0) is 50.7 Å². The van der Waals surface area contributed by atoms with Gasteiger partial charge in [-0.15, -0.1) is 0 Å². The summed E-state index contributed by atoms with van der Waals surface area (Å²) >= 11 is 0. The van der Waals surface area contributed by atoms with Crippen LogP contribution in [0.5, 0.6) is 0 Å². The van der Waals surface area contributed by atoms with Crippen molar-refractivity contribution in [1.29, 1.82) is 0 Å². The van der Waals surface area contributed by atoms with Gasteiger partial charge in [0.25, 0.3) is 0 Å². The van der Waals surface area contributed by atoms with Crippen LogP contribution in [0.15, 0.2) is 0 Å². The predicted molar refractivity (Wildman–Crippen MR) is 68.3 cm³/mol. The fourth-order valence-electron chi connectivity index (χ4n) is 2.16. The molecular weight excluding hydrogens is 246 g/mol. The van der Waals surface area contributed by atoms with Crippen molar-refractivity contribution in [2.45, 2.75) is 39.5 Å². The van der Waals surface area contributed by atoms with Gasteiger partial charge in [0.2, 0.25) is 9.05 Å². The van der Waals surface area contributed by atoms with Gasteiger partial charge in [-0.1, -0.05) is 13.8 Å². The molecule has 0 aromatic heterocycles. The highest BCUT2D eigenvalue weighted by Crippen LogP contribution is 2.29. The molecule has 1 saturated heterocycles. The maximum Gasteiger partial charge on any atom is 0.232 e. The van der Waals surface area contributed by atoms with Crippen LogP contribution in [0, 0.1) is 5.41 Å². The summed E-state index contributed by atoms with van der Waals surface area (Å²) in [5.41, 5.74) is 0.438. The lowest BCUT2D eigenvalue weighted by molar-refractivity contribution is 0.263. The Balaban J connectivity index is 2.28. The van der Waals surface area contributed by atoms with Gasteiger partial charge in [-0.3, -0.25) is 0 Å². The van der Waals surface area contributed by atoms with Crippen molar-refractivity contribution in [1.82, 2.24) is 4.90 Å². The van der Waals surface area contributed by atoms with E-state index in [-0.39, 0.29) is 5.75 Å². The molecule has 0 saturated carbocycles. The fourth-order valence-corrected chi connectivity index (χ4v) is 2.96. The average Bonchev–Trinajstić information content (AvgIpc) is 2.26. The second kappa shape index (κ2) is 5.69. The Hall–Kier alpha value is 0.200. The predicted octanol–water partition coefficient (Wildman–Crippen LogP) is 2.46. The molecule has 0 unspecified atom stereocenters. The van der Waals surface area contributed by atoms with Crippen LogP contribution in [-0.4, -0.2) is 38.7 Å². The first-order valence-corrected chi connectivity index (χ1v) is 8.41. The summed E-state index contributed by atoms with van der Waals surface area (Å²) in [7, 11) is 1.87. The summed E-state index contributed by atoms with van der Waals surface area (Å²) < 4.78 is 21.6. The molecule has 1 fully saturated rings. The smallest absolute Gasteiger partial charge is 0.232 e. The molecule has 0 aromatic carbocycles. The van der Waals surface area contributed by atoms with Gasteiger partial charge in [0.15, 0.2) is 0 Å². The summed E-state index contributed by atoms with van der Waals surface area (Å²) in [5, 5.41) is 0. The zero-order chi connectivity index (χ0) is 12.2. The Kier molecular flexibility index (Phi) is 5.08. The summed E-state index contributed by atoms with van der Waals surface area (Å²) in [6.45, 7) is 7.63. The highest BCUT2D eigenvalue weighted by Gasteiger charge is 2.22. The first kappa shape index (κ1) is 14.3. The third kappa shape index (κ3) is 6.06. The summed E-state index contributed by atoms with van der Waals surface area (Å²) in [4.78, 5) is 2.36. The Bertz CT molecular complexity index is 314. The lowest BCUT2D eigenvalue weighted by atomic mass is 9.85. The molecule has 0 radical (unpaired) electrons. The van der Waals surface area contributed by atoms with Crippen molar-refractivity contribution in [2.75, 3.05) is 25.4 Å². The summed E-state index contributed by atoms with van der Waals surface area (Å²) in [5.74, 6) is 0.0917. The van der Waals surface area contributed by atoms with Crippen LogP contribution in [0.25, 0.3) is 0 Å². The van der Waals surface area contributed by atoms with E-state index in [0.29, 0.717) is 11.8 Å². The van der Waals surface area contributed by atoms with Gasteiger partial charge < -0.3 is 4.90 Å². The average molecular weight is 268 g/mol. The quantitative estimate of drug-likeness (QED) is 0.735. The van der Waals surface area contributed by atoms with E-state index in [1.807, 2.05) is 0 Å². The van der Waals surface area contributed by atoms with Gasteiger partial charge in [-0.2, -0.15) is 0 Å².